The maximum absolute atomic E-state index is 9.69. The molecule has 1 heterocycles. The SMILES string of the molecule is COCCCNc1ccc(N=Nc2sc(N=Nc3ccc(Cl)cc3)cc2C#N)c2c(NCCCOC)cccc12. The highest BCUT2D eigenvalue weighted by Crippen LogP contribution is 2.41. The van der Waals surface area contributed by atoms with Gasteiger partial charge in [-0.2, -0.15) is 5.26 Å². The molecule has 0 amide bonds. The summed E-state index contributed by atoms with van der Waals surface area (Å²) in [6.45, 7) is 2.89. The minimum Gasteiger partial charge on any atom is -0.385 e. The van der Waals surface area contributed by atoms with Crippen molar-refractivity contribution in [3.63, 3.8) is 0 Å². The molecule has 2 N–H and O–H groups in total. The van der Waals surface area contributed by atoms with Gasteiger partial charge in [-0.3, -0.25) is 0 Å². The van der Waals surface area contributed by atoms with E-state index in [1.165, 1.54) is 11.3 Å². The lowest BCUT2D eigenvalue weighted by Crippen LogP contribution is -2.06. The van der Waals surface area contributed by atoms with E-state index < -0.39 is 0 Å². The number of ether oxygens (including phenoxy) is 2. The van der Waals surface area contributed by atoms with Crippen molar-refractivity contribution in [3.05, 3.63) is 71.2 Å². The molecule has 206 valence electrons. The number of fused-ring (bicyclic) bond motifs is 1. The first-order valence-corrected chi connectivity index (χ1v) is 14.0. The van der Waals surface area contributed by atoms with Gasteiger partial charge in [-0.25, -0.2) is 0 Å². The number of benzene rings is 3. The molecule has 0 radical (unpaired) electrons. The fraction of sp³-hybridized carbons (Fsp3) is 0.276. The second kappa shape index (κ2) is 15.1. The molecule has 0 saturated carbocycles. The zero-order valence-corrected chi connectivity index (χ0v) is 23.9. The number of azo groups is 2. The Balaban J connectivity index is 1.64. The molecule has 11 heteroatoms. The topological polar surface area (TPSA) is 116 Å². The highest BCUT2D eigenvalue weighted by atomic mass is 35.5. The third-order valence-corrected chi connectivity index (χ3v) is 7.01. The van der Waals surface area contributed by atoms with E-state index in [9.17, 15) is 5.26 Å². The van der Waals surface area contributed by atoms with Gasteiger partial charge in [0, 0.05) is 67.7 Å². The quantitative estimate of drug-likeness (QED) is 0.115. The van der Waals surface area contributed by atoms with Gasteiger partial charge in [-0.05, 0) is 61.4 Å². The number of rotatable bonds is 14. The van der Waals surface area contributed by atoms with Crippen molar-refractivity contribution in [2.45, 2.75) is 12.8 Å². The standard InChI is InChI=1S/C29H30ClN7O2S/c1-38-16-4-14-32-24-12-13-26(28-23(24)6-3-7-25(28)33-15-5-17-39-2)35-37-29-20(19-31)18-27(40-29)36-34-22-10-8-21(30)9-11-22/h3,6-13,18,32-33H,4-5,14-17H2,1-2H3. The predicted molar refractivity (Wildman–Crippen MR) is 163 cm³/mol. The molecule has 0 bridgehead atoms. The highest BCUT2D eigenvalue weighted by molar-refractivity contribution is 7.19. The number of nitrogens with zero attached hydrogens (tertiary/aromatic N) is 5. The Morgan fingerprint density at radius 1 is 0.850 bits per heavy atom. The van der Waals surface area contributed by atoms with E-state index in [1.54, 1.807) is 44.6 Å². The summed E-state index contributed by atoms with van der Waals surface area (Å²) in [5.41, 5.74) is 3.69. The first kappa shape index (κ1) is 29.1. The Morgan fingerprint density at radius 3 is 2.27 bits per heavy atom. The maximum Gasteiger partial charge on any atom is 0.158 e. The number of halogens is 1. The van der Waals surface area contributed by atoms with E-state index >= 15 is 0 Å². The summed E-state index contributed by atoms with van der Waals surface area (Å²) in [7, 11) is 3.40. The summed E-state index contributed by atoms with van der Waals surface area (Å²) < 4.78 is 10.4. The van der Waals surface area contributed by atoms with Crippen LogP contribution in [0.5, 0.6) is 0 Å². The molecule has 40 heavy (non-hydrogen) atoms. The second-order valence-corrected chi connectivity index (χ2v) is 10.1. The summed E-state index contributed by atoms with van der Waals surface area (Å²) >= 11 is 7.19. The van der Waals surface area contributed by atoms with Crippen molar-refractivity contribution in [2.24, 2.45) is 20.5 Å². The molecule has 0 fully saturated rings. The van der Waals surface area contributed by atoms with E-state index in [1.807, 2.05) is 24.3 Å². The number of methoxy groups -OCH3 is 2. The van der Waals surface area contributed by atoms with E-state index in [0.29, 0.717) is 45.2 Å². The molecular formula is C29H30ClN7O2S. The van der Waals surface area contributed by atoms with Gasteiger partial charge < -0.3 is 20.1 Å². The van der Waals surface area contributed by atoms with E-state index in [0.717, 1.165) is 48.1 Å². The number of thiophene rings is 1. The summed E-state index contributed by atoms with van der Waals surface area (Å²) in [6.07, 6.45) is 1.76. The molecule has 0 aliphatic heterocycles. The summed E-state index contributed by atoms with van der Waals surface area (Å²) in [5, 5.41) is 37.9. The third-order valence-electron chi connectivity index (χ3n) is 5.86. The van der Waals surface area contributed by atoms with Gasteiger partial charge in [0.25, 0.3) is 0 Å². The van der Waals surface area contributed by atoms with Crippen molar-refractivity contribution in [1.82, 2.24) is 0 Å². The maximum atomic E-state index is 9.69. The molecule has 0 aliphatic rings. The Morgan fingerprint density at radius 2 is 1.57 bits per heavy atom. The number of nitrogens with one attached hydrogen (secondary N) is 2. The molecule has 3 aromatic carbocycles. The summed E-state index contributed by atoms with van der Waals surface area (Å²) in [5.74, 6) is 0. The molecular weight excluding hydrogens is 546 g/mol. The molecule has 0 atom stereocenters. The molecule has 0 spiro atoms. The normalized spacial score (nSPS) is 11.4. The molecule has 4 rings (SSSR count). The fourth-order valence-electron chi connectivity index (χ4n) is 3.94. The van der Waals surface area contributed by atoms with Crippen molar-refractivity contribution >= 4 is 66.5 Å². The Labute approximate surface area is 242 Å². The summed E-state index contributed by atoms with van der Waals surface area (Å²) in [6, 6.07) is 20.9. The van der Waals surface area contributed by atoms with Crippen LogP contribution in [0.4, 0.5) is 32.8 Å². The van der Waals surface area contributed by atoms with Crippen LogP contribution in [0.2, 0.25) is 5.02 Å². The van der Waals surface area contributed by atoms with Crippen LogP contribution < -0.4 is 10.6 Å². The van der Waals surface area contributed by atoms with Gasteiger partial charge in [0.1, 0.15) is 11.1 Å². The van der Waals surface area contributed by atoms with Crippen LogP contribution in [-0.4, -0.2) is 40.5 Å². The van der Waals surface area contributed by atoms with Crippen LogP contribution in [0.15, 0.2) is 81.1 Å². The molecule has 0 aliphatic carbocycles. The van der Waals surface area contributed by atoms with Crippen molar-refractivity contribution in [2.75, 3.05) is 51.2 Å². The van der Waals surface area contributed by atoms with Gasteiger partial charge in [-0.15, -0.1) is 20.5 Å². The van der Waals surface area contributed by atoms with Crippen molar-refractivity contribution in [3.8, 4) is 6.07 Å². The average Bonchev–Trinajstić information content (AvgIpc) is 3.38. The first-order chi connectivity index (χ1) is 19.6. The molecule has 0 unspecified atom stereocenters. The predicted octanol–water partition coefficient (Wildman–Crippen LogP) is 9.15. The second-order valence-electron chi connectivity index (χ2n) is 8.70. The van der Waals surface area contributed by atoms with E-state index in [2.05, 4.69) is 43.2 Å². The minimum atomic E-state index is 0.387. The van der Waals surface area contributed by atoms with E-state index in [-0.39, 0.29) is 0 Å². The van der Waals surface area contributed by atoms with Gasteiger partial charge in [0.15, 0.2) is 5.00 Å². The highest BCUT2D eigenvalue weighted by Gasteiger charge is 2.12. The van der Waals surface area contributed by atoms with Gasteiger partial charge >= 0.3 is 0 Å². The Bertz CT molecular complexity index is 1510. The zero-order chi connectivity index (χ0) is 28.2. The molecule has 0 saturated heterocycles. The van der Waals surface area contributed by atoms with Crippen LogP contribution >= 0.6 is 22.9 Å². The van der Waals surface area contributed by atoms with Crippen LogP contribution in [0.3, 0.4) is 0 Å². The lowest BCUT2D eigenvalue weighted by molar-refractivity contribution is 0.197. The molecule has 4 aromatic rings. The molecule has 9 nitrogen and oxygen atoms in total. The minimum absolute atomic E-state index is 0.387. The first-order valence-electron chi connectivity index (χ1n) is 12.8. The smallest absolute Gasteiger partial charge is 0.158 e. The lowest BCUT2D eigenvalue weighted by atomic mass is 10.0. The van der Waals surface area contributed by atoms with E-state index in [4.69, 9.17) is 21.1 Å². The lowest BCUT2D eigenvalue weighted by Gasteiger charge is -2.15. The number of hydrogen-bond acceptors (Lipinski definition) is 10. The third kappa shape index (κ3) is 7.83. The van der Waals surface area contributed by atoms with Gasteiger partial charge in [0.05, 0.1) is 16.9 Å². The van der Waals surface area contributed by atoms with Gasteiger partial charge in [0.2, 0.25) is 0 Å². The fourth-order valence-corrected chi connectivity index (χ4v) is 4.82. The Kier molecular flexibility index (Phi) is 11.0. The number of anilines is 2. The summed E-state index contributed by atoms with van der Waals surface area (Å²) in [4.78, 5) is 0. The van der Waals surface area contributed by atoms with Crippen LogP contribution in [0.1, 0.15) is 18.4 Å². The van der Waals surface area contributed by atoms with Crippen molar-refractivity contribution in [1.29, 1.82) is 5.26 Å². The average molecular weight is 576 g/mol. The van der Waals surface area contributed by atoms with Gasteiger partial charge in [-0.1, -0.05) is 35.1 Å². The monoisotopic (exact) mass is 575 g/mol. The zero-order valence-electron chi connectivity index (χ0n) is 22.4. The number of hydrogen-bond donors (Lipinski definition) is 2. The Hall–Kier alpha value is -3.88. The number of nitriles is 1. The van der Waals surface area contributed by atoms with Crippen LogP contribution in [-0.2, 0) is 9.47 Å². The largest absolute Gasteiger partial charge is 0.385 e. The van der Waals surface area contributed by atoms with Crippen LogP contribution in [0.25, 0.3) is 10.8 Å². The van der Waals surface area contributed by atoms with Crippen LogP contribution in [0, 0.1) is 11.3 Å². The van der Waals surface area contributed by atoms with Crippen molar-refractivity contribution < 1.29 is 9.47 Å². The molecule has 1 aromatic heterocycles.